The highest BCUT2D eigenvalue weighted by Gasteiger charge is 2.27. The molecule has 1 aliphatic rings. The molecule has 0 spiro atoms. The van der Waals surface area contributed by atoms with Gasteiger partial charge in [0.15, 0.2) is 0 Å². The maximum absolute atomic E-state index is 12.9. The van der Waals surface area contributed by atoms with Gasteiger partial charge in [-0.1, -0.05) is 48.6 Å². The van der Waals surface area contributed by atoms with Crippen LogP contribution in [0, 0.1) is 13.8 Å². The quantitative estimate of drug-likeness (QED) is 0.575. The second-order valence-corrected chi connectivity index (χ2v) is 7.45. The zero-order valence-electron chi connectivity index (χ0n) is 17.2. The fraction of sp³-hybridized carbons (Fsp3) is 0.125. The number of amides is 1. The van der Waals surface area contributed by atoms with Crippen molar-refractivity contribution < 1.29 is 14.7 Å². The first-order valence-corrected chi connectivity index (χ1v) is 9.83. The first kappa shape index (κ1) is 20.2. The summed E-state index contributed by atoms with van der Waals surface area (Å²) in [5.41, 5.74) is 3.99. The third kappa shape index (κ3) is 4.40. The van der Waals surface area contributed by atoms with Crippen LogP contribution in [0.2, 0.25) is 0 Å². The first-order valence-electron chi connectivity index (χ1n) is 9.83. The number of carboxylic acids is 1. The average molecular weight is 414 g/mol. The third-order valence-electron chi connectivity index (χ3n) is 4.91. The SMILES string of the molecule is Cc1cc(C)cc(NC(=O)c2cnn3c2NC(C(=O)O)=C[C@@H]3/C=C/c2ccccc2)c1. The van der Waals surface area contributed by atoms with Gasteiger partial charge in [0.25, 0.3) is 5.91 Å². The minimum absolute atomic E-state index is 0.00355. The molecule has 1 amide bonds. The molecule has 2 heterocycles. The van der Waals surface area contributed by atoms with E-state index in [4.69, 9.17) is 0 Å². The molecule has 3 aromatic rings. The number of aryl methyl sites for hydroxylation is 2. The minimum Gasteiger partial charge on any atom is -0.477 e. The van der Waals surface area contributed by atoms with Crippen molar-refractivity contribution in [3.05, 3.63) is 94.8 Å². The maximum Gasteiger partial charge on any atom is 0.352 e. The summed E-state index contributed by atoms with van der Waals surface area (Å²) in [5, 5.41) is 19.6. The van der Waals surface area contributed by atoms with Gasteiger partial charge in [-0.05, 0) is 48.7 Å². The molecular weight excluding hydrogens is 392 g/mol. The number of carbonyl (C=O) groups is 2. The van der Waals surface area contributed by atoms with Crippen LogP contribution in [0.3, 0.4) is 0 Å². The summed E-state index contributed by atoms with van der Waals surface area (Å²) in [5.74, 6) is -1.13. The van der Waals surface area contributed by atoms with Crippen LogP contribution in [0.5, 0.6) is 0 Å². The molecule has 1 aromatic heterocycles. The maximum atomic E-state index is 12.9. The van der Waals surface area contributed by atoms with Gasteiger partial charge in [-0.15, -0.1) is 0 Å². The highest BCUT2D eigenvalue weighted by molar-refractivity contribution is 6.08. The number of hydrogen-bond donors (Lipinski definition) is 3. The number of nitrogens with zero attached hydrogens (tertiary/aromatic N) is 2. The van der Waals surface area contributed by atoms with E-state index in [-0.39, 0.29) is 17.2 Å². The van der Waals surface area contributed by atoms with Crippen molar-refractivity contribution in [2.45, 2.75) is 19.9 Å². The summed E-state index contributed by atoms with van der Waals surface area (Å²) in [6.07, 6.45) is 6.75. The van der Waals surface area contributed by atoms with E-state index in [2.05, 4.69) is 15.7 Å². The minimum atomic E-state index is -1.11. The highest BCUT2D eigenvalue weighted by Crippen LogP contribution is 2.30. The predicted octanol–water partition coefficient (Wildman–Crippen LogP) is 4.40. The summed E-state index contributed by atoms with van der Waals surface area (Å²) in [4.78, 5) is 24.6. The van der Waals surface area contributed by atoms with Crippen molar-refractivity contribution in [3.63, 3.8) is 0 Å². The average Bonchev–Trinajstić information content (AvgIpc) is 3.16. The number of allylic oxidation sites excluding steroid dienone is 2. The Morgan fingerprint density at radius 1 is 1.13 bits per heavy atom. The number of rotatable bonds is 5. The van der Waals surface area contributed by atoms with Crippen molar-refractivity contribution in [1.82, 2.24) is 9.78 Å². The molecular formula is C24H22N4O3. The van der Waals surface area contributed by atoms with Gasteiger partial charge < -0.3 is 15.7 Å². The standard InChI is InChI=1S/C24H22N4O3/c1-15-10-16(2)12-18(11-15)26-23(29)20-14-25-28-19(9-8-17-6-4-3-5-7-17)13-21(24(30)31)27-22(20)28/h3-14,19,27H,1-2H3,(H,26,29)(H,30,31)/b9-8+/t19-/m0/s1. The molecule has 0 radical (unpaired) electrons. The van der Waals surface area contributed by atoms with Crippen LogP contribution in [0.4, 0.5) is 11.5 Å². The summed E-state index contributed by atoms with van der Waals surface area (Å²) in [7, 11) is 0. The van der Waals surface area contributed by atoms with Crippen molar-refractivity contribution in [1.29, 1.82) is 0 Å². The van der Waals surface area contributed by atoms with E-state index in [1.165, 1.54) is 6.20 Å². The summed E-state index contributed by atoms with van der Waals surface area (Å²) in [6.45, 7) is 3.92. The summed E-state index contributed by atoms with van der Waals surface area (Å²) in [6, 6.07) is 15.0. The number of carbonyl (C=O) groups excluding carboxylic acids is 1. The lowest BCUT2D eigenvalue weighted by molar-refractivity contribution is -0.132. The molecule has 0 saturated carbocycles. The molecule has 3 N–H and O–H groups in total. The third-order valence-corrected chi connectivity index (χ3v) is 4.91. The Hall–Kier alpha value is -4.13. The smallest absolute Gasteiger partial charge is 0.352 e. The topological polar surface area (TPSA) is 96.3 Å². The zero-order valence-corrected chi connectivity index (χ0v) is 17.2. The Balaban J connectivity index is 1.65. The van der Waals surface area contributed by atoms with Crippen LogP contribution >= 0.6 is 0 Å². The molecule has 31 heavy (non-hydrogen) atoms. The lowest BCUT2D eigenvalue weighted by atomic mass is 10.1. The van der Waals surface area contributed by atoms with Crippen LogP contribution in [-0.2, 0) is 4.79 Å². The van der Waals surface area contributed by atoms with Gasteiger partial charge in [0.1, 0.15) is 17.1 Å². The lowest BCUT2D eigenvalue weighted by Crippen LogP contribution is -2.24. The largest absolute Gasteiger partial charge is 0.477 e. The van der Waals surface area contributed by atoms with E-state index in [0.717, 1.165) is 16.7 Å². The predicted molar refractivity (Wildman–Crippen MR) is 120 cm³/mol. The first-order chi connectivity index (χ1) is 14.9. The Morgan fingerprint density at radius 3 is 2.52 bits per heavy atom. The van der Waals surface area contributed by atoms with E-state index >= 15 is 0 Å². The Labute approximate surface area is 179 Å². The van der Waals surface area contributed by atoms with Gasteiger partial charge in [-0.3, -0.25) is 4.79 Å². The number of aromatic nitrogens is 2. The molecule has 4 rings (SSSR count). The summed E-state index contributed by atoms with van der Waals surface area (Å²) >= 11 is 0. The highest BCUT2D eigenvalue weighted by atomic mass is 16.4. The number of aliphatic carboxylic acids is 1. The van der Waals surface area contributed by atoms with Gasteiger partial charge in [0, 0.05) is 5.69 Å². The van der Waals surface area contributed by atoms with Gasteiger partial charge in [-0.25, -0.2) is 9.48 Å². The van der Waals surface area contributed by atoms with Gasteiger partial charge in [-0.2, -0.15) is 5.10 Å². The Bertz CT molecular complexity index is 1190. The normalized spacial score (nSPS) is 15.2. The van der Waals surface area contributed by atoms with Crippen LogP contribution in [0.1, 0.15) is 33.1 Å². The van der Waals surface area contributed by atoms with Gasteiger partial charge in [0.2, 0.25) is 0 Å². The molecule has 1 aliphatic heterocycles. The zero-order chi connectivity index (χ0) is 22.0. The fourth-order valence-electron chi connectivity index (χ4n) is 3.57. The van der Waals surface area contributed by atoms with E-state index in [9.17, 15) is 14.7 Å². The van der Waals surface area contributed by atoms with Crippen LogP contribution in [-0.4, -0.2) is 26.8 Å². The molecule has 7 nitrogen and oxygen atoms in total. The molecule has 0 aliphatic carbocycles. The van der Waals surface area contributed by atoms with Gasteiger partial charge in [0.05, 0.1) is 12.2 Å². The van der Waals surface area contributed by atoms with Crippen LogP contribution < -0.4 is 10.6 Å². The molecule has 0 unspecified atom stereocenters. The van der Waals surface area contributed by atoms with Crippen molar-refractivity contribution in [2.75, 3.05) is 10.6 Å². The molecule has 7 heteroatoms. The lowest BCUT2D eigenvalue weighted by Gasteiger charge is -2.22. The number of anilines is 2. The fourth-order valence-corrected chi connectivity index (χ4v) is 3.57. The van der Waals surface area contributed by atoms with Crippen LogP contribution in [0.15, 0.2) is 72.6 Å². The molecule has 156 valence electrons. The number of nitrogens with one attached hydrogen (secondary N) is 2. The van der Waals surface area contributed by atoms with E-state index in [0.29, 0.717) is 11.5 Å². The van der Waals surface area contributed by atoms with Gasteiger partial charge >= 0.3 is 5.97 Å². The molecule has 0 bridgehead atoms. The van der Waals surface area contributed by atoms with Crippen molar-refractivity contribution >= 4 is 29.5 Å². The van der Waals surface area contributed by atoms with E-state index in [1.54, 1.807) is 10.8 Å². The van der Waals surface area contributed by atoms with Crippen molar-refractivity contribution in [2.24, 2.45) is 0 Å². The molecule has 0 fully saturated rings. The molecule has 1 atom stereocenters. The Kier molecular flexibility index (Phi) is 5.41. The second kappa shape index (κ2) is 8.31. The van der Waals surface area contributed by atoms with Crippen molar-refractivity contribution in [3.8, 4) is 0 Å². The van der Waals surface area contributed by atoms with E-state index in [1.807, 2.05) is 74.5 Å². The van der Waals surface area contributed by atoms with Crippen LogP contribution in [0.25, 0.3) is 6.08 Å². The number of carboxylic acid groups (broad SMARTS) is 1. The summed E-state index contributed by atoms with van der Waals surface area (Å²) < 4.78 is 1.60. The van der Waals surface area contributed by atoms with E-state index < -0.39 is 12.0 Å². The monoisotopic (exact) mass is 414 g/mol. The number of benzene rings is 2. The number of fused-ring (bicyclic) bond motifs is 1. The second-order valence-electron chi connectivity index (χ2n) is 7.45. The number of hydrogen-bond acceptors (Lipinski definition) is 4. The molecule has 0 saturated heterocycles. The Morgan fingerprint density at radius 2 is 1.84 bits per heavy atom. The molecule has 2 aromatic carbocycles.